The van der Waals surface area contributed by atoms with Crippen molar-refractivity contribution in [3.63, 3.8) is 0 Å². The molecule has 0 saturated carbocycles. The lowest BCUT2D eigenvalue weighted by Gasteiger charge is -2.15. The van der Waals surface area contributed by atoms with Crippen LogP contribution in [0.15, 0.2) is 42.5 Å². The van der Waals surface area contributed by atoms with Gasteiger partial charge in [-0.25, -0.2) is 4.79 Å². The van der Waals surface area contributed by atoms with Crippen LogP contribution in [-0.2, 0) is 11.4 Å². The van der Waals surface area contributed by atoms with Crippen molar-refractivity contribution < 1.29 is 29.3 Å². The second kappa shape index (κ2) is 11.3. The molecule has 0 heterocycles. The maximum atomic E-state index is 12.4. The van der Waals surface area contributed by atoms with Crippen molar-refractivity contribution in [3.8, 4) is 11.5 Å². The number of nitrogens with two attached hydrogens (primary N) is 1. The van der Waals surface area contributed by atoms with Gasteiger partial charge in [-0.3, -0.25) is 15.0 Å². The third kappa shape index (κ3) is 7.14. The number of rotatable bonds is 12. The highest BCUT2D eigenvalue weighted by Gasteiger charge is 2.20. The number of carboxylic acids is 1. The molecule has 2 aromatic carbocycles. The van der Waals surface area contributed by atoms with Crippen LogP contribution >= 0.6 is 0 Å². The largest absolute Gasteiger partial charge is 0.507 e. The highest BCUT2D eigenvalue weighted by Crippen LogP contribution is 2.26. The Morgan fingerprint density at radius 2 is 1.87 bits per heavy atom. The highest BCUT2D eigenvalue weighted by atomic mass is 16.5. The first kappa shape index (κ1) is 23.4. The number of carbonyl (C=O) groups is 3. The van der Waals surface area contributed by atoms with E-state index in [1.165, 1.54) is 6.07 Å². The number of aldehydes is 1. The number of hydrogen-bond donors (Lipinski definition) is 5. The quantitative estimate of drug-likeness (QED) is 0.150. The van der Waals surface area contributed by atoms with Crippen LogP contribution in [0.4, 0.5) is 0 Å². The SMILES string of the molecule is N=C(N)CCCC[C@H](NC(=O)c1ccc(COc2cccc(O)c2C=O)cc1)C(=O)O. The fourth-order valence-electron chi connectivity index (χ4n) is 2.85. The van der Waals surface area contributed by atoms with Crippen LogP contribution in [0.3, 0.4) is 0 Å². The summed E-state index contributed by atoms with van der Waals surface area (Å²) in [5, 5.41) is 28.7. The molecule has 31 heavy (non-hydrogen) atoms. The van der Waals surface area contributed by atoms with Gasteiger partial charge in [-0.1, -0.05) is 24.6 Å². The Labute approximate surface area is 179 Å². The molecule has 0 aliphatic heterocycles. The summed E-state index contributed by atoms with van der Waals surface area (Å²) in [7, 11) is 0. The van der Waals surface area contributed by atoms with Gasteiger partial charge >= 0.3 is 5.97 Å². The molecule has 0 fully saturated rings. The molecule has 0 radical (unpaired) electrons. The van der Waals surface area contributed by atoms with Crippen LogP contribution in [0.2, 0.25) is 0 Å². The third-order valence-electron chi connectivity index (χ3n) is 4.56. The summed E-state index contributed by atoms with van der Waals surface area (Å²) in [6, 6.07) is 9.88. The first-order valence-corrected chi connectivity index (χ1v) is 9.67. The van der Waals surface area contributed by atoms with Crippen LogP contribution in [0.1, 0.15) is 52.0 Å². The number of benzene rings is 2. The fourth-order valence-corrected chi connectivity index (χ4v) is 2.85. The van der Waals surface area contributed by atoms with E-state index in [4.69, 9.17) is 15.9 Å². The molecule has 0 aliphatic carbocycles. The van der Waals surface area contributed by atoms with Crippen molar-refractivity contribution >= 4 is 24.0 Å². The first-order chi connectivity index (χ1) is 14.8. The van der Waals surface area contributed by atoms with Crippen LogP contribution in [-0.4, -0.2) is 40.3 Å². The number of phenols is 1. The Kier molecular flexibility index (Phi) is 8.56. The number of aromatic hydroxyl groups is 1. The van der Waals surface area contributed by atoms with Crippen molar-refractivity contribution in [3.05, 3.63) is 59.2 Å². The summed E-state index contributed by atoms with van der Waals surface area (Å²) in [6.07, 6.45) is 2.24. The standard InChI is InChI=1S/C22H25N3O6/c23-20(24)7-2-1-4-17(22(29)30)25-21(28)15-10-8-14(9-11-15)13-31-19-6-3-5-18(27)16(19)12-26/h3,5-6,8-12,17,27H,1-2,4,7,13H2,(H3,23,24)(H,25,28)(H,29,30)/t17-/m0/s1. The molecule has 6 N–H and O–H groups in total. The van der Waals surface area contributed by atoms with Crippen LogP contribution in [0.5, 0.6) is 11.5 Å². The number of nitrogens with one attached hydrogen (secondary N) is 2. The van der Waals surface area contributed by atoms with Gasteiger partial charge < -0.3 is 26.0 Å². The molecule has 0 aliphatic rings. The van der Waals surface area contributed by atoms with Gasteiger partial charge in [-0.15, -0.1) is 0 Å². The Morgan fingerprint density at radius 3 is 2.48 bits per heavy atom. The molecule has 0 spiro atoms. The van der Waals surface area contributed by atoms with E-state index in [9.17, 15) is 24.6 Å². The highest BCUT2D eigenvalue weighted by molar-refractivity contribution is 5.96. The van der Waals surface area contributed by atoms with Gasteiger partial charge in [0.2, 0.25) is 0 Å². The molecule has 0 aromatic heterocycles. The van der Waals surface area contributed by atoms with E-state index in [-0.39, 0.29) is 35.9 Å². The minimum atomic E-state index is -1.13. The zero-order chi connectivity index (χ0) is 22.8. The molecule has 2 aromatic rings. The number of ether oxygens (including phenoxy) is 1. The molecular formula is C22H25N3O6. The van der Waals surface area contributed by atoms with Crippen molar-refractivity contribution in [2.45, 2.75) is 38.3 Å². The predicted octanol–water partition coefficient (Wildman–Crippen LogP) is 2.46. The number of aliphatic carboxylic acids is 1. The fraction of sp³-hybridized carbons (Fsp3) is 0.273. The molecule has 164 valence electrons. The van der Waals surface area contributed by atoms with E-state index >= 15 is 0 Å². The van der Waals surface area contributed by atoms with E-state index in [2.05, 4.69) is 5.32 Å². The number of phenolic OH excluding ortho intramolecular Hbond substituents is 1. The summed E-state index contributed by atoms with van der Waals surface area (Å²) in [5.41, 5.74) is 6.35. The average molecular weight is 427 g/mol. The predicted molar refractivity (Wildman–Crippen MR) is 114 cm³/mol. The first-order valence-electron chi connectivity index (χ1n) is 9.67. The van der Waals surface area contributed by atoms with Crippen LogP contribution < -0.4 is 15.8 Å². The number of amidine groups is 1. The normalized spacial score (nSPS) is 11.4. The minimum absolute atomic E-state index is 0.0476. The molecular weight excluding hydrogens is 402 g/mol. The summed E-state index contributed by atoms with van der Waals surface area (Å²) in [4.78, 5) is 34.9. The summed E-state index contributed by atoms with van der Waals surface area (Å²) in [6.45, 7) is 0.111. The number of carboxylic acid groups (broad SMARTS) is 1. The molecule has 9 heteroatoms. The number of hydrogen-bond acceptors (Lipinski definition) is 6. The van der Waals surface area contributed by atoms with Crippen molar-refractivity contribution in [1.82, 2.24) is 5.32 Å². The van der Waals surface area contributed by atoms with Gasteiger partial charge in [0, 0.05) is 12.0 Å². The molecule has 1 amide bonds. The number of amides is 1. The summed E-state index contributed by atoms with van der Waals surface area (Å²) in [5.74, 6) is -1.52. The lowest BCUT2D eigenvalue weighted by atomic mass is 10.1. The van der Waals surface area contributed by atoms with Gasteiger partial charge in [-0.2, -0.15) is 0 Å². The molecule has 1 atom stereocenters. The van der Waals surface area contributed by atoms with Gasteiger partial charge in [0.25, 0.3) is 5.91 Å². The second-order valence-electron chi connectivity index (χ2n) is 6.93. The maximum absolute atomic E-state index is 12.4. The van der Waals surface area contributed by atoms with Gasteiger partial charge in [0.05, 0.1) is 11.4 Å². The van der Waals surface area contributed by atoms with Gasteiger partial charge in [-0.05, 0) is 42.7 Å². The molecule has 0 bridgehead atoms. The third-order valence-corrected chi connectivity index (χ3v) is 4.56. The summed E-state index contributed by atoms with van der Waals surface area (Å²) < 4.78 is 5.57. The number of unbranched alkanes of at least 4 members (excludes halogenated alkanes) is 1. The van der Waals surface area contributed by atoms with E-state index in [1.54, 1.807) is 36.4 Å². The Bertz CT molecular complexity index is 943. The van der Waals surface area contributed by atoms with E-state index in [0.29, 0.717) is 31.1 Å². The molecule has 2 rings (SSSR count). The topological polar surface area (TPSA) is 163 Å². The Hall–Kier alpha value is -3.88. The molecule has 9 nitrogen and oxygen atoms in total. The summed E-state index contributed by atoms with van der Waals surface area (Å²) >= 11 is 0. The van der Waals surface area contributed by atoms with Crippen LogP contribution in [0.25, 0.3) is 0 Å². The second-order valence-corrected chi connectivity index (χ2v) is 6.93. The Morgan fingerprint density at radius 1 is 1.16 bits per heavy atom. The van der Waals surface area contributed by atoms with E-state index in [1.807, 2.05) is 0 Å². The molecule has 0 unspecified atom stereocenters. The van der Waals surface area contributed by atoms with E-state index in [0.717, 1.165) is 5.56 Å². The van der Waals surface area contributed by atoms with Crippen LogP contribution in [0, 0.1) is 5.41 Å². The number of carbonyl (C=O) groups excluding carboxylic acids is 2. The lowest BCUT2D eigenvalue weighted by molar-refractivity contribution is -0.139. The lowest BCUT2D eigenvalue weighted by Crippen LogP contribution is -2.40. The Balaban J connectivity index is 1.93. The van der Waals surface area contributed by atoms with E-state index < -0.39 is 17.9 Å². The average Bonchev–Trinajstić information content (AvgIpc) is 2.74. The maximum Gasteiger partial charge on any atom is 0.326 e. The van der Waals surface area contributed by atoms with Gasteiger partial charge in [0.1, 0.15) is 24.1 Å². The minimum Gasteiger partial charge on any atom is -0.507 e. The van der Waals surface area contributed by atoms with Crippen molar-refractivity contribution in [2.24, 2.45) is 5.73 Å². The van der Waals surface area contributed by atoms with Gasteiger partial charge in [0.15, 0.2) is 6.29 Å². The monoisotopic (exact) mass is 427 g/mol. The zero-order valence-electron chi connectivity index (χ0n) is 16.8. The smallest absolute Gasteiger partial charge is 0.326 e. The molecule has 0 saturated heterocycles. The van der Waals surface area contributed by atoms with Crippen molar-refractivity contribution in [2.75, 3.05) is 0 Å². The van der Waals surface area contributed by atoms with Crippen molar-refractivity contribution in [1.29, 1.82) is 5.41 Å². The zero-order valence-corrected chi connectivity index (χ0v) is 16.8.